The standard InChI is InChI=1S/C14H17BrN2O/c1-18-13-7-11(15)6-12(8-13)17-14-5-3-2-4-10(14)9-16/h6-8,10,14,17H,2-5H2,1H3. The first-order valence-corrected chi connectivity index (χ1v) is 7.03. The highest BCUT2D eigenvalue weighted by atomic mass is 79.9. The van der Waals surface area contributed by atoms with Crippen LogP contribution in [0.15, 0.2) is 22.7 Å². The van der Waals surface area contributed by atoms with Crippen molar-refractivity contribution >= 4 is 21.6 Å². The van der Waals surface area contributed by atoms with Gasteiger partial charge in [0.15, 0.2) is 0 Å². The van der Waals surface area contributed by atoms with E-state index in [4.69, 9.17) is 4.74 Å². The molecule has 1 aromatic rings. The summed E-state index contributed by atoms with van der Waals surface area (Å²) in [5.41, 5.74) is 1.01. The molecule has 1 aliphatic rings. The van der Waals surface area contributed by atoms with Gasteiger partial charge in [0, 0.05) is 22.3 Å². The number of nitriles is 1. The zero-order chi connectivity index (χ0) is 13.0. The molecule has 0 amide bonds. The SMILES string of the molecule is COc1cc(Br)cc(NC2CCCCC2C#N)c1. The number of methoxy groups -OCH3 is 1. The van der Waals surface area contributed by atoms with Gasteiger partial charge in [-0.15, -0.1) is 0 Å². The summed E-state index contributed by atoms with van der Waals surface area (Å²) >= 11 is 3.47. The van der Waals surface area contributed by atoms with Crippen LogP contribution < -0.4 is 10.1 Å². The average molecular weight is 309 g/mol. The molecule has 0 aromatic heterocycles. The van der Waals surface area contributed by atoms with Crippen LogP contribution in [-0.4, -0.2) is 13.2 Å². The van der Waals surface area contributed by atoms with Gasteiger partial charge in [0.2, 0.25) is 0 Å². The zero-order valence-electron chi connectivity index (χ0n) is 10.4. The maximum Gasteiger partial charge on any atom is 0.122 e. The number of nitrogens with zero attached hydrogens (tertiary/aromatic N) is 1. The second-order valence-corrected chi connectivity index (χ2v) is 5.57. The fourth-order valence-corrected chi connectivity index (χ4v) is 2.91. The molecule has 2 unspecified atom stereocenters. The van der Waals surface area contributed by atoms with Crippen molar-refractivity contribution in [1.29, 1.82) is 5.26 Å². The van der Waals surface area contributed by atoms with Crippen LogP contribution >= 0.6 is 15.9 Å². The molecular weight excluding hydrogens is 292 g/mol. The lowest BCUT2D eigenvalue weighted by molar-refractivity contribution is 0.388. The van der Waals surface area contributed by atoms with Gasteiger partial charge < -0.3 is 10.1 Å². The van der Waals surface area contributed by atoms with E-state index in [0.717, 1.165) is 35.2 Å². The Kier molecular flexibility index (Phi) is 4.48. The van der Waals surface area contributed by atoms with E-state index < -0.39 is 0 Å². The number of ether oxygens (including phenoxy) is 1. The molecule has 2 atom stereocenters. The minimum Gasteiger partial charge on any atom is -0.497 e. The molecule has 1 N–H and O–H groups in total. The molecule has 2 rings (SSSR count). The Morgan fingerprint density at radius 1 is 1.33 bits per heavy atom. The lowest BCUT2D eigenvalue weighted by atomic mass is 9.85. The number of hydrogen-bond acceptors (Lipinski definition) is 3. The molecular formula is C14H17BrN2O. The minimum atomic E-state index is 0.115. The molecule has 0 radical (unpaired) electrons. The van der Waals surface area contributed by atoms with Gasteiger partial charge in [-0.1, -0.05) is 28.8 Å². The van der Waals surface area contributed by atoms with E-state index in [9.17, 15) is 5.26 Å². The molecule has 1 fully saturated rings. The summed E-state index contributed by atoms with van der Waals surface area (Å²) in [6, 6.07) is 8.57. The fourth-order valence-electron chi connectivity index (χ4n) is 2.44. The van der Waals surface area contributed by atoms with E-state index in [2.05, 4.69) is 27.3 Å². The molecule has 0 saturated heterocycles. The van der Waals surface area contributed by atoms with Crippen molar-refractivity contribution in [2.75, 3.05) is 12.4 Å². The Morgan fingerprint density at radius 3 is 2.83 bits per heavy atom. The summed E-state index contributed by atoms with van der Waals surface area (Å²) in [5.74, 6) is 0.930. The summed E-state index contributed by atoms with van der Waals surface area (Å²) in [6.07, 6.45) is 4.42. The summed E-state index contributed by atoms with van der Waals surface area (Å²) < 4.78 is 6.22. The highest BCUT2D eigenvalue weighted by molar-refractivity contribution is 9.10. The first kappa shape index (κ1) is 13.2. The fraction of sp³-hybridized carbons (Fsp3) is 0.500. The van der Waals surface area contributed by atoms with Crippen molar-refractivity contribution < 1.29 is 4.74 Å². The molecule has 0 aliphatic heterocycles. The molecule has 1 aromatic carbocycles. The van der Waals surface area contributed by atoms with Crippen LogP contribution in [0.2, 0.25) is 0 Å². The summed E-state index contributed by atoms with van der Waals surface area (Å²) in [7, 11) is 1.66. The van der Waals surface area contributed by atoms with Crippen molar-refractivity contribution in [2.45, 2.75) is 31.7 Å². The number of halogens is 1. The van der Waals surface area contributed by atoms with Gasteiger partial charge in [-0.05, 0) is 25.0 Å². The number of benzene rings is 1. The molecule has 96 valence electrons. The molecule has 3 nitrogen and oxygen atoms in total. The van der Waals surface area contributed by atoms with Gasteiger partial charge in [-0.3, -0.25) is 0 Å². The van der Waals surface area contributed by atoms with Crippen LogP contribution in [0.25, 0.3) is 0 Å². The van der Waals surface area contributed by atoms with E-state index in [0.29, 0.717) is 0 Å². The average Bonchev–Trinajstić information content (AvgIpc) is 2.38. The van der Waals surface area contributed by atoms with Crippen LogP contribution in [0, 0.1) is 17.2 Å². The Labute approximate surface area is 116 Å². The summed E-state index contributed by atoms with van der Waals surface area (Å²) in [4.78, 5) is 0. The zero-order valence-corrected chi connectivity index (χ0v) is 12.0. The number of nitrogens with one attached hydrogen (secondary N) is 1. The molecule has 1 aliphatic carbocycles. The van der Waals surface area contributed by atoms with Gasteiger partial charge in [0.25, 0.3) is 0 Å². The molecule has 0 spiro atoms. The molecule has 0 heterocycles. The first-order chi connectivity index (χ1) is 8.72. The van der Waals surface area contributed by atoms with E-state index >= 15 is 0 Å². The van der Waals surface area contributed by atoms with E-state index in [1.807, 2.05) is 18.2 Å². The Balaban J connectivity index is 2.12. The minimum absolute atomic E-state index is 0.115. The third kappa shape index (κ3) is 3.17. The Bertz CT molecular complexity index is 456. The molecule has 0 bridgehead atoms. The van der Waals surface area contributed by atoms with E-state index in [-0.39, 0.29) is 12.0 Å². The van der Waals surface area contributed by atoms with Crippen LogP contribution in [0.3, 0.4) is 0 Å². The third-order valence-electron chi connectivity index (χ3n) is 3.39. The van der Waals surface area contributed by atoms with Gasteiger partial charge in [-0.2, -0.15) is 5.26 Å². The normalized spacial score (nSPS) is 23.2. The van der Waals surface area contributed by atoms with Gasteiger partial charge >= 0.3 is 0 Å². The lowest BCUT2D eigenvalue weighted by Gasteiger charge is -2.28. The Morgan fingerprint density at radius 2 is 2.11 bits per heavy atom. The number of anilines is 1. The lowest BCUT2D eigenvalue weighted by Crippen LogP contribution is -2.31. The van der Waals surface area contributed by atoms with Crippen molar-refractivity contribution in [3.63, 3.8) is 0 Å². The maximum absolute atomic E-state index is 9.17. The topological polar surface area (TPSA) is 45.0 Å². The largest absolute Gasteiger partial charge is 0.497 e. The summed E-state index contributed by atoms with van der Waals surface area (Å²) in [5, 5.41) is 12.6. The van der Waals surface area contributed by atoms with Crippen molar-refractivity contribution in [3.05, 3.63) is 22.7 Å². The molecule has 1 saturated carbocycles. The van der Waals surface area contributed by atoms with Crippen molar-refractivity contribution in [3.8, 4) is 11.8 Å². The third-order valence-corrected chi connectivity index (χ3v) is 3.85. The monoisotopic (exact) mass is 308 g/mol. The van der Waals surface area contributed by atoms with Crippen LogP contribution in [-0.2, 0) is 0 Å². The van der Waals surface area contributed by atoms with E-state index in [1.54, 1.807) is 7.11 Å². The molecule has 18 heavy (non-hydrogen) atoms. The number of hydrogen-bond donors (Lipinski definition) is 1. The number of rotatable bonds is 3. The Hall–Kier alpha value is -1.21. The highest BCUT2D eigenvalue weighted by Gasteiger charge is 2.24. The predicted octanol–water partition coefficient (Wildman–Crippen LogP) is 3.95. The second-order valence-electron chi connectivity index (χ2n) is 4.65. The van der Waals surface area contributed by atoms with Crippen LogP contribution in [0.5, 0.6) is 5.75 Å². The van der Waals surface area contributed by atoms with Gasteiger partial charge in [0.05, 0.1) is 19.1 Å². The van der Waals surface area contributed by atoms with Crippen LogP contribution in [0.4, 0.5) is 5.69 Å². The first-order valence-electron chi connectivity index (χ1n) is 6.23. The van der Waals surface area contributed by atoms with Crippen LogP contribution in [0.1, 0.15) is 25.7 Å². The van der Waals surface area contributed by atoms with Crippen molar-refractivity contribution in [2.24, 2.45) is 5.92 Å². The second kappa shape index (κ2) is 6.10. The van der Waals surface area contributed by atoms with Gasteiger partial charge in [-0.25, -0.2) is 0 Å². The smallest absolute Gasteiger partial charge is 0.122 e. The molecule has 4 heteroatoms. The van der Waals surface area contributed by atoms with Crippen molar-refractivity contribution in [1.82, 2.24) is 0 Å². The predicted molar refractivity (Wildman–Crippen MR) is 75.7 cm³/mol. The van der Waals surface area contributed by atoms with E-state index in [1.165, 1.54) is 6.42 Å². The highest BCUT2D eigenvalue weighted by Crippen LogP contribution is 2.30. The maximum atomic E-state index is 9.17. The summed E-state index contributed by atoms with van der Waals surface area (Å²) in [6.45, 7) is 0. The quantitative estimate of drug-likeness (QED) is 0.919. The van der Waals surface area contributed by atoms with Gasteiger partial charge in [0.1, 0.15) is 5.75 Å².